The molecule has 0 saturated carbocycles. The molecule has 4 rings (SSSR count). The number of rotatable bonds is 5. The summed E-state index contributed by atoms with van der Waals surface area (Å²) in [4.78, 5) is 28.2. The molecule has 170 valence electrons. The highest BCUT2D eigenvalue weighted by Crippen LogP contribution is 2.26. The summed E-state index contributed by atoms with van der Waals surface area (Å²) < 4.78 is 2.34. The van der Waals surface area contributed by atoms with E-state index in [1.165, 1.54) is 43.2 Å². The monoisotopic (exact) mass is 474 g/mol. The first-order valence-electron chi connectivity index (χ1n) is 9.84. The molecule has 0 amide bonds. The molecule has 0 aliphatic rings. The molecule has 0 aliphatic heterocycles. The van der Waals surface area contributed by atoms with Gasteiger partial charge in [0.1, 0.15) is 0 Å². The van der Waals surface area contributed by atoms with Crippen molar-refractivity contribution in [2.45, 2.75) is 39.5 Å². The number of benzene rings is 2. The molecule has 32 heavy (non-hydrogen) atoms. The first kappa shape index (κ1) is 25.0. The fourth-order valence-corrected chi connectivity index (χ4v) is 4.38. The van der Waals surface area contributed by atoms with Gasteiger partial charge in [0.05, 0.1) is 20.4 Å². The number of hydrogen-bond acceptors (Lipinski definition) is 8. The first-order valence-corrected chi connectivity index (χ1v) is 11.5. The summed E-state index contributed by atoms with van der Waals surface area (Å²) in [6, 6.07) is 12.2. The molecule has 0 atom stereocenters. The summed E-state index contributed by atoms with van der Waals surface area (Å²) in [5.74, 6) is -1.74. The van der Waals surface area contributed by atoms with Gasteiger partial charge in [-0.05, 0) is 49.9 Å². The Kier molecular flexibility index (Phi) is 9.36. The van der Waals surface area contributed by atoms with Gasteiger partial charge >= 0.3 is 11.9 Å². The number of nitrogen functional groups attached to an aromatic ring is 2. The quantitative estimate of drug-likeness (QED) is 0.292. The van der Waals surface area contributed by atoms with Crippen LogP contribution in [0.4, 0.5) is 10.3 Å². The number of hydrogen-bond donors (Lipinski definition) is 4. The average molecular weight is 475 g/mol. The number of fused-ring (bicyclic) bond motifs is 2. The molecular weight excluding hydrogens is 448 g/mol. The van der Waals surface area contributed by atoms with Gasteiger partial charge in [-0.2, -0.15) is 0 Å². The molecule has 2 aromatic carbocycles. The van der Waals surface area contributed by atoms with Crippen LogP contribution in [0.25, 0.3) is 20.4 Å². The van der Waals surface area contributed by atoms with Crippen LogP contribution in [0.15, 0.2) is 36.4 Å². The molecule has 6 N–H and O–H groups in total. The average Bonchev–Trinajstić information content (AvgIpc) is 3.29. The molecule has 0 bridgehead atoms. The summed E-state index contributed by atoms with van der Waals surface area (Å²) in [5, 5.41) is 17.6. The molecule has 2 heterocycles. The van der Waals surface area contributed by atoms with E-state index in [4.69, 9.17) is 21.7 Å². The lowest BCUT2D eigenvalue weighted by Crippen LogP contribution is -1.97. The van der Waals surface area contributed by atoms with Gasteiger partial charge in [-0.25, -0.2) is 9.97 Å². The van der Waals surface area contributed by atoms with E-state index >= 15 is 0 Å². The third-order valence-electron chi connectivity index (χ3n) is 4.31. The highest BCUT2D eigenvalue weighted by atomic mass is 32.1. The normalized spacial score (nSPS) is 10.2. The highest BCUT2D eigenvalue weighted by Gasteiger charge is 2.02. The van der Waals surface area contributed by atoms with Crippen LogP contribution < -0.4 is 11.5 Å². The van der Waals surface area contributed by atoms with Gasteiger partial charge in [-0.15, -0.1) is 0 Å². The molecule has 4 aromatic rings. The number of anilines is 2. The van der Waals surface area contributed by atoms with Crippen molar-refractivity contribution in [2.24, 2.45) is 0 Å². The summed E-state index contributed by atoms with van der Waals surface area (Å²) in [6.45, 7) is 4.09. The van der Waals surface area contributed by atoms with Gasteiger partial charge < -0.3 is 21.7 Å². The summed E-state index contributed by atoms with van der Waals surface area (Å²) in [6.07, 6.45) is 1.02. The van der Waals surface area contributed by atoms with Crippen molar-refractivity contribution in [1.82, 2.24) is 9.97 Å². The van der Waals surface area contributed by atoms with Crippen LogP contribution in [0.3, 0.4) is 0 Å². The Morgan fingerprint density at radius 3 is 1.47 bits per heavy atom. The van der Waals surface area contributed by atoms with Crippen LogP contribution in [-0.2, 0) is 9.59 Å². The van der Waals surface area contributed by atoms with Crippen molar-refractivity contribution in [2.75, 3.05) is 11.5 Å². The summed E-state index contributed by atoms with van der Waals surface area (Å²) in [5.41, 5.74) is 15.6. The molecule has 2 aromatic heterocycles. The fraction of sp³-hybridized carbons (Fsp3) is 0.273. The van der Waals surface area contributed by atoms with Gasteiger partial charge in [0.15, 0.2) is 10.3 Å². The zero-order valence-corrected chi connectivity index (χ0v) is 19.5. The van der Waals surface area contributed by atoms with Gasteiger partial charge in [0, 0.05) is 12.8 Å². The number of para-hydroxylation sites is 2. The number of carboxylic acids is 2. The molecule has 0 fully saturated rings. The Morgan fingerprint density at radius 2 is 1.16 bits per heavy atom. The molecule has 0 unspecified atom stereocenters. The number of aliphatic carboxylic acids is 2. The number of aromatic nitrogens is 2. The molecule has 10 heteroatoms. The Morgan fingerprint density at radius 1 is 0.781 bits per heavy atom. The van der Waals surface area contributed by atoms with Crippen molar-refractivity contribution < 1.29 is 19.8 Å². The predicted molar refractivity (Wildman–Crippen MR) is 131 cm³/mol. The van der Waals surface area contributed by atoms with Crippen molar-refractivity contribution in [1.29, 1.82) is 0 Å². The molecule has 0 saturated heterocycles. The Labute approximate surface area is 193 Å². The maximum absolute atomic E-state index is 9.90. The number of thiazole rings is 2. The van der Waals surface area contributed by atoms with Crippen LogP contribution in [0.1, 0.15) is 36.8 Å². The van der Waals surface area contributed by atoms with Crippen molar-refractivity contribution in [3.63, 3.8) is 0 Å². The highest BCUT2D eigenvalue weighted by molar-refractivity contribution is 7.22. The Hall–Kier alpha value is -3.24. The Bertz CT molecular complexity index is 1110. The fourth-order valence-electron chi connectivity index (χ4n) is 2.76. The second-order valence-corrected chi connectivity index (χ2v) is 9.07. The third kappa shape index (κ3) is 7.78. The van der Waals surface area contributed by atoms with Crippen LogP contribution in [-0.4, -0.2) is 32.1 Å². The second-order valence-electron chi connectivity index (χ2n) is 6.94. The zero-order valence-electron chi connectivity index (χ0n) is 17.9. The number of aryl methyl sites for hydroxylation is 2. The SMILES string of the molecule is Cc1cccc2sc(N)nc12.Cc1cccc2sc(N)nc12.O=C(O)CCCCC(=O)O. The van der Waals surface area contributed by atoms with Gasteiger partial charge in [-0.1, -0.05) is 46.9 Å². The number of nitrogens with two attached hydrogens (primary N) is 2. The van der Waals surface area contributed by atoms with Crippen LogP contribution >= 0.6 is 22.7 Å². The molecule has 8 nitrogen and oxygen atoms in total. The lowest BCUT2D eigenvalue weighted by atomic mass is 10.2. The van der Waals surface area contributed by atoms with Crippen molar-refractivity contribution >= 4 is 65.3 Å². The Balaban J connectivity index is 0.000000171. The van der Waals surface area contributed by atoms with Crippen molar-refractivity contribution in [3.05, 3.63) is 47.5 Å². The van der Waals surface area contributed by atoms with Gasteiger partial charge in [0.25, 0.3) is 0 Å². The number of unbranched alkanes of at least 4 members (excludes halogenated alkanes) is 1. The van der Waals surface area contributed by atoms with E-state index in [-0.39, 0.29) is 12.8 Å². The smallest absolute Gasteiger partial charge is 0.303 e. The molecule has 0 spiro atoms. The number of carboxylic acid groups (broad SMARTS) is 2. The van der Waals surface area contributed by atoms with E-state index in [9.17, 15) is 9.59 Å². The van der Waals surface area contributed by atoms with Crippen molar-refractivity contribution in [3.8, 4) is 0 Å². The molecule has 0 radical (unpaired) electrons. The van der Waals surface area contributed by atoms with Gasteiger partial charge in [-0.3, -0.25) is 9.59 Å². The summed E-state index contributed by atoms with van der Waals surface area (Å²) >= 11 is 3.07. The first-order chi connectivity index (χ1) is 15.2. The predicted octanol–water partition coefficient (Wildman–Crippen LogP) is 5.09. The number of nitrogens with zero attached hydrogens (tertiary/aromatic N) is 2. The zero-order chi connectivity index (χ0) is 23.7. The van der Waals surface area contributed by atoms with E-state index in [1.807, 2.05) is 50.2 Å². The minimum absolute atomic E-state index is 0.0628. The molecular formula is C22H26N4O4S2. The van der Waals surface area contributed by atoms with E-state index in [0.717, 1.165) is 11.0 Å². The van der Waals surface area contributed by atoms with E-state index < -0.39 is 11.9 Å². The van der Waals surface area contributed by atoms with Crippen LogP contribution in [0.5, 0.6) is 0 Å². The van der Waals surface area contributed by atoms with E-state index in [2.05, 4.69) is 9.97 Å². The lowest BCUT2D eigenvalue weighted by Gasteiger charge is -1.92. The van der Waals surface area contributed by atoms with Crippen LogP contribution in [0, 0.1) is 13.8 Å². The largest absolute Gasteiger partial charge is 0.481 e. The maximum Gasteiger partial charge on any atom is 0.303 e. The van der Waals surface area contributed by atoms with Gasteiger partial charge in [0.2, 0.25) is 0 Å². The standard InChI is InChI=1S/2C8H8N2S.C6H10O4/c2*1-5-3-2-4-6-7(5)10-8(9)11-6;7-5(8)3-1-2-4-6(9)10/h2*2-4H,1H3,(H2,9,10);1-4H2,(H,7,8)(H,9,10). The second kappa shape index (κ2) is 12.0. The summed E-state index contributed by atoms with van der Waals surface area (Å²) in [7, 11) is 0. The number of carbonyl (C=O) groups is 2. The van der Waals surface area contributed by atoms with E-state index in [1.54, 1.807) is 0 Å². The maximum atomic E-state index is 9.90. The minimum Gasteiger partial charge on any atom is -0.481 e. The topological polar surface area (TPSA) is 152 Å². The third-order valence-corrected chi connectivity index (χ3v) is 6.01. The minimum atomic E-state index is -0.870. The lowest BCUT2D eigenvalue weighted by molar-refractivity contribution is -0.139. The molecule has 0 aliphatic carbocycles. The van der Waals surface area contributed by atoms with Crippen LogP contribution in [0.2, 0.25) is 0 Å². The van der Waals surface area contributed by atoms with E-state index in [0.29, 0.717) is 23.1 Å².